The number of ether oxygens (including phenoxy) is 3. The number of hydrogen-bond donors (Lipinski definition) is 1. The highest BCUT2D eigenvalue weighted by Crippen LogP contribution is 2.32. The van der Waals surface area contributed by atoms with Crippen LogP contribution in [-0.4, -0.2) is 30.1 Å². The number of halogens is 3. The van der Waals surface area contributed by atoms with Gasteiger partial charge in [0, 0.05) is 5.56 Å². The summed E-state index contributed by atoms with van der Waals surface area (Å²) in [7, 11) is 2.99. The number of carbonyl (C=O) groups is 1. The molecule has 26 heavy (non-hydrogen) atoms. The van der Waals surface area contributed by atoms with E-state index in [1.807, 2.05) is 30.3 Å². The molecular weight excluding hydrogens is 401 g/mol. The lowest BCUT2D eigenvalue weighted by molar-refractivity contribution is 0.0198. The van der Waals surface area contributed by atoms with Crippen LogP contribution < -0.4 is 14.8 Å². The Hall–Kier alpha value is -1.66. The molecule has 0 aromatic heterocycles. The lowest BCUT2D eigenvalue weighted by Crippen LogP contribution is -2.45. The van der Waals surface area contributed by atoms with E-state index in [4.69, 9.17) is 49.0 Å². The molecule has 1 amide bonds. The number of hydrogen-bond acceptors (Lipinski definition) is 4. The Morgan fingerprint density at radius 3 is 2.27 bits per heavy atom. The van der Waals surface area contributed by atoms with E-state index in [1.54, 1.807) is 12.1 Å². The van der Waals surface area contributed by atoms with Crippen LogP contribution >= 0.6 is 34.8 Å². The fourth-order valence-electron chi connectivity index (χ4n) is 2.15. The molecule has 1 atom stereocenters. The molecule has 1 N–H and O–H groups in total. The third-order valence-electron chi connectivity index (χ3n) is 3.46. The van der Waals surface area contributed by atoms with E-state index >= 15 is 0 Å². The number of benzene rings is 2. The van der Waals surface area contributed by atoms with E-state index in [0.29, 0.717) is 17.1 Å². The summed E-state index contributed by atoms with van der Waals surface area (Å²) in [6.45, 7) is 0.172. The Morgan fingerprint density at radius 1 is 1.04 bits per heavy atom. The molecular formula is C18H18Cl3NO4. The smallest absolute Gasteiger partial charge is 0.253 e. The van der Waals surface area contributed by atoms with Crippen molar-refractivity contribution in [3.05, 3.63) is 59.7 Å². The first kappa shape index (κ1) is 20.6. The van der Waals surface area contributed by atoms with Gasteiger partial charge in [-0.1, -0.05) is 65.1 Å². The first-order chi connectivity index (χ1) is 12.3. The van der Waals surface area contributed by atoms with Crippen LogP contribution in [0.15, 0.2) is 48.5 Å². The molecule has 0 spiro atoms. The van der Waals surface area contributed by atoms with Crippen LogP contribution in [0.4, 0.5) is 0 Å². The first-order valence-corrected chi connectivity index (χ1v) is 8.73. The largest absolute Gasteiger partial charge is 0.493 e. The normalized spacial score (nSPS) is 12.3. The number of amides is 1. The van der Waals surface area contributed by atoms with Crippen LogP contribution in [-0.2, 0) is 11.3 Å². The molecule has 5 nitrogen and oxygen atoms in total. The van der Waals surface area contributed by atoms with E-state index in [9.17, 15) is 4.79 Å². The average Bonchev–Trinajstić information content (AvgIpc) is 2.64. The fourth-order valence-corrected chi connectivity index (χ4v) is 2.50. The second-order valence-electron chi connectivity index (χ2n) is 5.26. The van der Waals surface area contributed by atoms with Crippen molar-refractivity contribution in [3.63, 3.8) is 0 Å². The van der Waals surface area contributed by atoms with E-state index in [1.165, 1.54) is 20.3 Å². The zero-order chi connectivity index (χ0) is 19.2. The summed E-state index contributed by atoms with van der Waals surface area (Å²) in [5.74, 6) is 0.438. The SMILES string of the molecule is COc1ccc(C(=O)N[C@H](OCc2ccccc2)C(Cl)(Cl)Cl)cc1OC. The van der Waals surface area contributed by atoms with Gasteiger partial charge in [-0.25, -0.2) is 0 Å². The van der Waals surface area contributed by atoms with E-state index < -0.39 is 15.9 Å². The molecule has 2 aromatic rings. The Labute approximate surface area is 167 Å². The van der Waals surface area contributed by atoms with Gasteiger partial charge >= 0.3 is 0 Å². The van der Waals surface area contributed by atoms with Crippen molar-refractivity contribution in [1.82, 2.24) is 5.32 Å². The molecule has 0 fully saturated rings. The minimum atomic E-state index is -1.85. The minimum absolute atomic E-state index is 0.172. The van der Waals surface area contributed by atoms with Crippen molar-refractivity contribution >= 4 is 40.7 Å². The summed E-state index contributed by atoms with van der Waals surface area (Å²) in [4.78, 5) is 12.5. The number of nitrogens with one attached hydrogen (secondary N) is 1. The number of rotatable bonds is 7. The molecule has 0 aliphatic heterocycles. The predicted octanol–water partition coefficient (Wildman–Crippen LogP) is 4.35. The van der Waals surface area contributed by atoms with Gasteiger partial charge in [0.25, 0.3) is 5.91 Å². The Morgan fingerprint density at radius 2 is 1.69 bits per heavy atom. The van der Waals surface area contributed by atoms with Gasteiger partial charge in [-0.15, -0.1) is 0 Å². The topological polar surface area (TPSA) is 56.8 Å². The summed E-state index contributed by atoms with van der Waals surface area (Å²) in [5.41, 5.74) is 1.19. The molecule has 140 valence electrons. The van der Waals surface area contributed by atoms with E-state index in [-0.39, 0.29) is 6.61 Å². The Bertz CT molecular complexity index is 735. The van der Waals surface area contributed by atoms with E-state index in [2.05, 4.69) is 5.32 Å². The summed E-state index contributed by atoms with van der Waals surface area (Å²) >= 11 is 17.8. The van der Waals surface area contributed by atoms with Crippen LogP contribution in [0.3, 0.4) is 0 Å². The van der Waals surface area contributed by atoms with Gasteiger partial charge in [0.1, 0.15) is 0 Å². The second kappa shape index (κ2) is 9.33. The fraction of sp³-hybridized carbons (Fsp3) is 0.278. The number of methoxy groups -OCH3 is 2. The zero-order valence-corrected chi connectivity index (χ0v) is 16.4. The molecule has 0 aliphatic carbocycles. The molecule has 0 saturated carbocycles. The maximum absolute atomic E-state index is 12.5. The number of alkyl halides is 3. The highest BCUT2D eigenvalue weighted by atomic mass is 35.6. The van der Waals surface area contributed by atoms with Crippen LogP contribution in [0.1, 0.15) is 15.9 Å². The van der Waals surface area contributed by atoms with Crippen molar-refractivity contribution in [2.45, 2.75) is 16.6 Å². The van der Waals surface area contributed by atoms with Crippen molar-refractivity contribution in [2.24, 2.45) is 0 Å². The summed E-state index contributed by atoms with van der Waals surface area (Å²) < 4.78 is 14.1. The third-order valence-corrected chi connectivity index (χ3v) is 4.06. The maximum Gasteiger partial charge on any atom is 0.253 e. The average molecular weight is 419 g/mol. The van der Waals surface area contributed by atoms with Gasteiger partial charge in [-0.2, -0.15) is 0 Å². The first-order valence-electron chi connectivity index (χ1n) is 7.60. The summed E-state index contributed by atoms with van der Waals surface area (Å²) in [6.07, 6.45) is -1.15. The van der Waals surface area contributed by atoms with Gasteiger partial charge in [-0.05, 0) is 23.8 Å². The predicted molar refractivity (Wildman–Crippen MR) is 102 cm³/mol. The van der Waals surface area contributed by atoms with Crippen LogP contribution in [0.2, 0.25) is 0 Å². The molecule has 0 heterocycles. The van der Waals surface area contributed by atoms with Gasteiger partial charge in [0.2, 0.25) is 3.79 Å². The van der Waals surface area contributed by atoms with Gasteiger partial charge in [0.15, 0.2) is 17.7 Å². The molecule has 0 aliphatic rings. The molecule has 0 unspecified atom stereocenters. The van der Waals surface area contributed by atoms with Crippen molar-refractivity contribution in [1.29, 1.82) is 0 Å². The summed E-state index contributed by atoms with van der Waals surface area (Å²) in [6, 6.07) is 14.1. The molecule has 8 heteroatoms. The molecule has 2 rings (SSSR count). The minimum Gasteiger partial charge on any atom is -0.493 e. The monoisotopic (exact) mass is 417 g/mol. The van der Waals surface area contributed by atoms with Crippen LogP contribution in [0.25, 0.3) is 0 Å². The highest BCUT2D eigenvalue weighted by Gasteiger charge is 2.35. The van der Waals surface area contributed by atoms with Crippen molar-refractivity contribution < 1.29 is 19.0 Å². The molecule has 0 radical (unpaired) electrons. The van der Waals surface area contributed by atoms with Gasteiger partial charge in [0.05, 0.1) is 20.8 Å². The molecule has 2 aromatic carbocycles. The Balaban J connectivity index is 2.11. The number of carbonyl (C=O) groups excluding carboxylic acids is 1. The second-order valence-corrected chi connectivity index (χ2v) is 7.63. The highest BCUT2D eigenvalue weighted by molar-refractivity contribution is 6.68. The lowest BCUT2D eigenvalue weighted by atomic mass is 10.2. The molecule has 0 bridgehead atoms. The molecule has 0 saturated heterocycles. The Kier molecular flexibility index (Phi) is 7.41. The maximum atomic E-state index is 12.5. The standard InChI is InChI=1S/C18H18Cl3NO4/c1-24-14-9-8-13(10-15(14)25-2)16(23)22-17(18(19,20)21)26-11-12-6-4-3-5-7-12/h3-10,17H,11H2,1-2H3,(H,22,23)/t17-/m1/s1. The van der Waals surface area contributed by atoms with Crippen molar-refractivity contribution in [3.8, 4) is 11.5 Å². The lowest BCUT2D eigenvalue weighted by Gasteiger charge is -2.25. The van der Waals surface area contributed by atoms with Gasteiger partial charge in [-0.3, -0.25) is 4.79 Å². The van der Waals surface area contributed by atoms with Crippen LogP contribution in [0.5, 0.6) is 11.5 Å². The quantitative estimate of drug-likeness (QED) is 0.536. The zero-order valence-electron chi connectivity index (χ0n) is 14.2. The summed E-state index contributed by atoms with van der Waals surface area (Å²) in [5, 5.41) is 2.58. The van der Waals surface area contributed by atoms with Crippen molar-refractivity contribution in [2.75, 3.05) is 14.2 Å². The third kappa shape index (κ3) is 5.68. The van der Waals surface area contributed by atoms with Gasteiger partial charge < -0.3 is 19.5 Å². The van der Waals surface area contributed by atoms with Crippen LogP contribution in [0, 0.1) is 0 Å². The van der Waals surface area contributed by atoms with E-state index in [0.717, 1.165) is 5.56 Å².